The van der Waals surface area contributed by atoms with E-state index in [4.69, 9.17) is 0 Å². The Hall–Kier alpha value is -1.08. The monoisotopic (exact) mass is 365 g/mol. The van der Waals surface area contributed by atoms with Crippen molar-refractivity contribution in [2.75, 3.05) is 26.2 Å². The van der Waals surface area contributed by atoms with Crippen LogP contribution in [0.4, 0.5) is 5.69 Å². The van der Waals surface area contributed by atoms with Gasteiger partial charge in [-0.05, 0) is 24.0 Å². The van der Waals surface area contributed by atoms with Gasteiger partial charge in [0.05, 0.1) is 4.92 Å². The van der Waals surface area contributed by atoms with Gasteiger partial charge in [-0.15, -0.1) is 24.8 Å². The Morgan fingerprint density at radius 1 is 1.30 bits per heavy atom. The number of hydrogen-bond acceptors (Lipinski definition) is 5. The van der Waals surface area contributed by atoms with Crippen molar-refractivity contribution in [3.05, 3.63) is 33.9 Å². The lowest BCUT2D eigenvalue weighted by Gasteiger charge is -2.36. The van der Waals surface area contributed by atoms with E-state index in [1.165, 1.54) is 12.1 Å². The van der Waals surface area contributed by atoms with Crippen molar-refractivity contribution < 1.29 is 10.0 Å². The molecule has 0 aliphatic carbocycles. The summed E-state index contributed by atoms with van der Waals surface area (Å²) in [4.78, 5) is 12.9. The topological polar surface area (TPSA) is 78.6 Å². The van der Waals surface area contributed by atoms with Crippen molar-refractivity contribution in [1.29, 1.82) is 0 Å². The SMILES string of the molecule is CC(C)C[C@H](c1ccc(O)c([N+](=O)[O-])c1)N1CCNCC1.Cl.Cl. The fourth-order valence-electron chi connectivity index (χ4n) is 2.83. The summed E-state index contributed by atoms with van der Waals surface area (Å²) in [5.41, 5.74) is 0.700. The van der Waals surface area contributed by atoms with Crippen LogP contribution in [0, 0.1) is 16.0 Å². The van der Waals surface area contributed by atoms with Crippen LogP contribution in [0.25, 0.3) is 0 Å². The summed E-state index contributed by atoms with van der Waals surface area (Å²) in [6.07, 6.45) is 0.946. The molecule has 1 saturated heterocycles. The molecule has 0 bridgehead atoms. The zero-order valence-corrected chi connectivity index (χ0v) is 15.0. The lowest BCUT2D eigenvalue weighted by Crippen LogP contribution is -2.45. The van der Waals surface area contributed by atoms with Gasteiger partial charge >= 0.3 is 5.69 Å². The third kappa shape index (κ3) is 5.80. The molecule has 1 aliphatic heterocycles. The summed E-state index contributed by atoms with van der Waals surface area (Å²) in [6.45, 7) is 8.07. The Bertz CT molecular complexity index is 509. The second-order valence-electron chi connectivity index (χ2n) is 5.94. The molecule has 0 amide bonds. The lowest BCUT2D eigenvalue weighted by molar-refractivity contribution is -0.386. The maximum atomic E-state index is 11.0. The molecule has 0 spiro atoms. The summed E-state index contributed by atoms with van der Waals surface area (Å²) < 4.78 is 0. The number of hydrogen-bond donors (Lipinski definition) is 2. The fourth-order valence-corrected chi connectivity index (χ4v) is 2.83. The summed E-state index contributed by atoms with van der Waals surface area (Å²) in [5, 5.41) is 24.0. The summed E-state index contributed by atoms with van der Waals surface area (Å²) >= 11 is 0. The van der Waals surface area contributed by atoms with Crippen LogP contribution in [-0.2, 0) is 0 Å². The minimum absolute atomic E-state index is 0. The standard InChI is InChI=1S/C15H23N3O3.2ClH/c1-11(2)9-13(17-7-5-16-6-8-17)12-3-4-15(19)14(10-12)18(20)21;;/h3-4,10-11,13,16,19H,5-9H2,1-2H3;2*1H/t13-;;/m1../s1. The molecule has 0 unspecified atom stereocenters. The second kappa shape index (κ2) is 9.93. The first kappa shape index (κ1) is 21.9. The van der Waals surface area contributed by atoms with Gasteiger partial charge in [0.1, 0.15) is 0 Å². The highest BCUT2D eigenvalue weighted by atomic mass is 35.5. The van der Waals surface area contributed by atoms with Gasteiger partial charge in [-0.25, -0.2) is 0 Å². The maximum absolute atomic E-state index is 11.0. The Kier molecular flexibility index (Phi) is 9.46. The first-order valence-corrected chi connectivity index (χ1v) is 7.41. The number of nitro groups is 1. The molecule has 1 aromatic rings. The number of halogens is 2. The van der Waals surface area contributed by atoms with Gasteiger partial charge in [0.2, 0.25) is 0 Å². The van der Waals surface area contributed by atoms with Gasteiger partial charge in [-0.3, -0.25) is 15.0 Å². The number of nitrogens with zero attached hydrogens (tertiary/aromatic N) is 2. The molecule has 1 heterocycles. The number of phenolic OH excluding ortho intramolecular Hbond substituents is 1. The number of nitrogens with one attached hydrogen (secondary N) is 1. The molecule has 1 aromatic carbocycles. The van der Waals surface area contributed by atoms with E-state index >= 15 is 0 Å². The van der Waals surface area contributed by atoms with Gasteiger partial charge in [-0.1, -0.05) is 19.9 Å². The quantitative estimate of drug-likeness (QED) is 0.618. The molecular formula is C15H25Cl2N3O3. The van der Waals surface area contributed by atoms with Gasteiger partial charge < -0.3 is 10.4 Å². The lowest BCUT2D eigenvalue weighted by atomic mass is 9.94. The second-order valence-corrected chi connectivity index (χ2v) is 5.94. The van der Waals surface area contributed by atoms with Gasteiger partial charge in [0.25, 0.3) is 0 Å². The van der Waals surface area contributed by atoms with Crippen LogP contribution in [0.2, 0.25) is 0 Å². The van der Waals surface area contributed by atoms with Crippen LogP contribution in [0.1, 0.15) is 31.9 Å². The Morgan fingerprint density at radius 2 is 1.91 bits per heavy atom. The Balaban J connectivity index is 0.00000242. The van der Waals surface area contributed by atoms with E-state index in [0.29, 0.717) is 5.92 Å². The van der Waals surface area contributed by atoms with Crippen molar-refractivity contribution in [2.24, 2.45) is 5.92 Å². The van der Waals surface area contributed by atoms with Gasteiger partial charge in [0.15, 0.2) is 5.75 Å². The van der Waals surface area contributed by atoms with E-state index in [9.17, 15) is 15.2 Å². The molecule has 1 atom stereocenters. The zero-order valence-electron chi connectivity index (χ0n) is 13.4. The summed E-state index contributed by atoms with van der Waals surface area (Å²) in [5.74, 6) is 0.227. The van der Waals surface area contributed by atoms with Crippen molar-refractivity contribution in [3.8, 4) is 5.75 Å². The van der Waals surface area contributed by atoms with Crippen LogP contribution in [0.15, 0.2) is 18.2 Å². The molecule has 2 N–H and O–H groups in total. The van der Waals surface area contributed by atoms with E-state index in [1.54, 1.807) is 6.07 Å². The molecule has 1 fully saturated rings. The highest BCUT2D eigenvalue weighted by molar-refractivity contribution is 5.85. The third-order valence-electron chi connectivity index (χ3n) is 3.87. The van der Waals surface area contributed by atoms with Crippen LogP contribution >= 0.6 is 24.8 Å². The summed E-state index contributed by atoms with van der Waals surface area (Å²) in [7, 11) is 0. The van der Waals surface area contributed by atoms with Crippen LogP contribution in [-0.4, -0.2) is 41.1 Å². The van der Waals surface area contributed by atoms with Crippen molar-refractivity contribution in [3.63, 3.8) is 0 Å². The largest absolute Gasteiger partial charge is 0.502 e. The number of rotatable bonds is 5. The average molecular weight is 366 g/mol. The number of phenols is 1. The van der Waals surface area contributed by atoms with Crippen LogP contribution in [0.5, 0.6) is 5.75 Å². The van der Waals surface area contributed by atoms with Gasteiger partial charge in [0, 0.05) is 38.3 Å². The fraction of sp³-hybridized carbons (Fsp3) is 0.600. The van der Waals surface area contributed by atoms with E-state index in [1.807, 2.05) is 0 Å². The minimum atomic E-state index is -0.525. The number of aromatic hydroxyl groups is 1. The Labute approximate surface area is 149 Å². The Morgan fingerprint density at radius 3 is 2.43 bits per heavy atom. The van der Waals surface area contributed by atoms with Crippen molar-refractivity contribution in [2.45, 2.75) is 26.3 Å². The highest BCUT2D eigenvalue weighted by Gasteiger charge is 2.25. The molecule has 0 saturated carbocycles. The smallest absolute Gasteiger partial charge is 0.311 e. The molecule has 0 radical (unpaired) electrons. The first-order valence-electron chi connectivity index (χ1n) is 7.41. The molecule has 8 heteroatoms. The molecule has 23 heavy (non-hydrogen) atoms. The van der Waals surface area contributed by atoms with E-state index in [0.717, 1.165) is 38.2 Å². The third-order valence-corrected chi connectivity index (χ3v) is 3.87. The highest BCUT2D eigenvalue weighted by Crippen LogP contribution is 2.34. The van der Waals surface area contributed by atoms with Crippen LogP contribution in [0.3, 0.4) is 0 Å². The first-order chi connectivity index (χ1) is 9.99. The van der Waals surface area contributed by atoms with E-state index in [2.05, 4.69) is 24.1 Å². The normalized spacial score (nSPS) is 16.3. The van der Waals surface area contributed by atoms with Crippen molar-refractivity contribution >= 4 is 30.5 Å². The maximum Gasteiger partial charge on any atom is 0.311 e. The number of nitro benzene ring substituents is 1. The molecule has 2 rings (SSSR count). The molecular weight excluding hydrogens is 341 g/mol. The van der Waals surface area contributed by atoms with Gasteiger partial charge in [-0.2, -0.15) is 0 Å². The molecule has 0 aromatic heterocycles. The number of benzene rings is 1. The van der Waals surface area contributed by atoms with Crippen LogP contribution < -0.4 is 5.32 Å². The summed E-state index contributed by atoms with van der Waals surface area (Å²) in [6, 6.07) is 4.91. The minimum Gasteiger partial charge on any atom is -0.502 e. The molecule has 1 aliphatic rings. The average Bonchev–Trinajstić information content (AvgIpc) is 2.46. The van der Waals surface area contributed by atoms with Crippen molar-refractivity contribution in [1.82, 2.24) is 10.2 Å². The van der Waals surface area contributed by atoms with E-state index in [-0.39, 0.29) is 42.3 Å². The molecule has 132 valence electrons. The predicted molar refractivity (Wildman–Crippen MR) is 95.9 cm³/mol. The van der Waals surface area contributed by atoms with E-state index < -0.39 is 4.92 Å². The molecule has 6 nitrogen and oxygen atoms in total. The predicted octanol–water partition coefficient (Wildman–Crippen LogP) is 3.14. The number of piperazine rings is 1. The zero-order chi connectivity index (χ0) is 15.4.